The lowest BCUT2D eigenvalue weighted by Crippen LogP contribution is -2.48. The van der Waals surface area contributed by atoms with E-state index in [4.69, 9.17) is 4.74 Å². The van der Waals surface area contributed by atoms with Crippen LogP contribution in [0.3, 0.4) is 0 Å². The van der Waals surface area contributed by atoms with Gasteiger partial charge in [-0.15, -0.1) is 0 Å². The van der Waals surface area contributed by atoms with Crippen LogP contribution in [0, 0.1) is 5.92 Å². The van der Waals surface area contributed by atoms with Crippen LogP contribution in [0.15, 0.2) is 54.6 Å². The van der Waals surface area contributed by atoms with Crippen molar-refractivity contribution in [1.29, 1.82) is 0 Å². The minimum Gasteiger partial charge on any atom is -0.480 e. The Morgan fingerprint density at radius 3 is 2.44 bits per heavy atom. The van der Waals surface area contributed by atoms with Gasteiger partial charge in [0.2, 0.25) is 0 Å². The Bertz CT molecular complexity index is 1250. The third kappa shape index (κ3) is 5.01. The van der Waals surface area contributed by atoms with E-state index >= 15 is 0 Å². The maximum atomic E-state index is 12.8. The molecule has 3 aromatic rings. The highest BCUT2D eigenvalue weighted by molar-refractivity contribution is 5.96. The first kappa shape index (κ1) is 23.2. The molecule has 2 aromatic carbocycles. The molecule has 1 aromatic heterocycles. The monoisotopic (exact) mass is 462 g/mol. The number of carbonyl (C=O) groups excluding carboxylic acids is 1. The zero-order valence-corrected chi connectivity index (χ0v) is 19.0. The summed E-state index contributed by atoms with van der Waals surface area (Å²) in [6, 6.07) is 14.7. The smallest absolute Gasteiger partial charge is 0.411 e. The number of hydrogen-bond acceptors (Lipinski definition) is 5. The van der Waals surface area contributed by atoms with E-state index in [1.165, 1.54) is 11.0 Å². The zero-order valence-electron chi connectivity index (χ0n) is 19.0. The average molecular weight is 463 g/mol. The molecule has 0 spiro atoms. The summed E-state index contributed by atoms with van der Waals surface area (Å²) in [5.41, 5.74) is 2.64. The van der Waals surface area contributed by atoms with Crippen molar-refractivity contribution in [2.24, 2.45) is 5.92 Å². The molecule has 1 heterocycles. The van der Waals surface area contributed by atoms with Crippen LogP contribution in [0.2, 0.25) is 0 Å². The van der Waals surface area contributed by atoms with Crippen LogP contribution < -0.4 is 0 Å². The lowest BCUT2D eigenvalue weighted by Gasteiger charge is -2.31. The molecule has 0 unspecified atom stereocenters. The fourth-order valence-corrected chi connectivity index (χ4v) is 3.96. The van der Waals surface area contributed by atoms with Crippen LogP contribution in [0.1, 0.15) is 42.6 Å². The number of rotatable bonds is 8. The molecule has 0 saturated heterocycles. The van der Waals surface area contributed by atoms with E-state index in [9.17, 15) is 24.6 Å². The summed E-state index contributed by atoms with van der Waals surface area (Å²) in [4.78, 5) is 42.2. The third-order valence-corrected chi connectivity index (χ3v) is 5.79. The van der Waals surface area contributed by atoms with E-state index in [1.54, 1.807) is 50.2 Å². The molecule has 34 heavy (non-hydrogen) atoms. The fourth-order valence-electron chi connectivity index (χ4n) is 3.96. The summed E-state index contributed by atoms with van der Waals surface area (Å²) in [7, 11) is 0. The largest absolute Gasteiger partial charge is 0.480 e. The number of aromatic carboxylic acids is 1. The Morgan fingerprint density at radius 2 is 1.79 bits per heavy atom. The Hall–Kier alpha value is -3.94. The standard InChI is InChI=1S/C26H26N2O6/c1-15(2)23(25(31)32)28(26(33)34-18-9-10-18)14-16-7-11-21-17(13-16)8-12-22(27-21)19-5-3-4-6-20(19)24(29)30/h3-8,11-13,15,18,23H,9-10,14H2,1-2H3,(H,29,30)(H,31,32)/t23-/m0/s1. The van der Waals surface area contributed by atoms with Crippen molar-refractivity contribution >= 4 is 28.9 Å². The molecular formula is C26H26N2O6. The number of hydrogen-bond donors (Lipinski definition) is 2. The highest BCUT2D eigenvalue weighted by Gasteiger charge is 2.36. The molecule has 1 saturated carbocycles. The van der Waals surface area contributed by atoms with Crippen molar-refractivity contribution in [3.63, 3.8) is 0 Å². The van der Waals surface area contributed by atoms with Crippen molar-refractivity contribution in [2.45, 2.75) is 45.4 Å². The number of benzene rings is 2. The second kappa shape index (κ2) is 9.51. The topological polar surface area (TPSA) is 117 Å². The molecule has 1 fully saturated rings. The molecule has 4 rings (SSSR count). The number of ether oxygens (including phenoxy) is 1. The summed E-state index contributed by atoms with van der Waals surface area (Å²) >= 11 is 0. The van der Waals surface area contributed by atoms with Crippen molar-refractivity contribution in [3.05, 3.63) is 65.7 Å². The zero-order chi connectivity index (χ0) is 24.4. The van der Waals surface area contributed by atoms with E-state index in [2.05, 4.69) is 4.98 Å². The molecule has 1 amide bonds. The Kier molecular flexibility index (Phi) is 6.49. The van der Waals surface area contributed by atoms with Crippen LogP contribution >= 0.6 is 0 Å². The van der Waals surface area contributed by atoms with E-state index in [-0.39, 0.29) is 24.1 Å². The number of amides is 1. The number of nitrogens with zero attached hydrogens (tertiary/aromatic N) is 2. The molecule has 2 N–H and O–H groups in total. The van der Waals surface area contributed by atoms with Crippen molar-refractivity contribution < 1.29 is 29.3 Å². The van der Waals surface area contributed by atoms with Gasteiger partial charge in [0.15, 0.2) is 0 Å². The highest BCUT2D eigenvalue weighted by Crippen LogP contribution is 2.28. The molecule has 8 nitrogen and oxygen atoms in total. The minimum atomic E-state index is -1.08. The number of fused-ring (bicyclic) bond motifs is 1. The molecule has 1 aliphatic carbocycles. The number of pyridine rings is 1. The lowest BCUT2D eigenvalue weighted by molar-refractivity contribution is -0.144. The van der Waals surface area contributed by atoms with Crippen LogP contribution in [-0.4, -0.2) is 50.3 Å². The number of carbonyl (C=O) groups is 3. The van der Waals surface area contributed by atoms with Crippen LogP contribution in [0.5, 0.6) is 0 Å². The van der Waals surface area contributed by atoms with Crippen molar-refractivity contribution in [1.82, 2.24) is 9.88 Å². The molecule has 1 aliphatic rings. The molecule has 1 atom stereocenters. The van der Waals surface area contributed by atoms with Gasteiger partial charge in [-0.3, -0.25) is 4.90 Å². The number of aliphatic carboxylic acids is 1. The van der Waals surface area contributed by atoms with Gasteiger partial charge in [0.1, 0.15) is 12.1 Å². The van der Waals surface area contributed by atoms with Gasteiger partial charge in [0.05, 0.1) is 16.8 Å². The third-order valence-electron chi connectivity index (χ3n) is 5.79. The number of carboxylic acid groups (broad SMARTS) is 2. The van der Waals surface area contributed by atoms with Gasteiger partial charge < -0.3 is 14.9 Å². The van der Waals surface area contributed by atoms with Crippen molar-refractivity contribution in [2.75, 3.05) is 0 Å². The lowest BCUT2D eigenvalue weighted by atomic mass is 10.0. The molecule has 0 aliphatic heterocycles. The quantitative estimate of drug-likeness (QED) is 0.493. The van der Waals surface area contributed by atoms with E-state index in [0.29, 0.717) is 16.8 Å². The van der Waals surface area contributed by atoms with Crippen LogP contribution in [0.25, 0.3) is 22.2 Å². The Morgan fingerprint density at radius 1 is 1.06 bits per heavy atom. The maximum absolute atomic E-state index is 12.8. The summed E-state index contributed by atoms with van der Waals surface area (Å²) < 4.78 is 5.42. The van der Waals surface area contributed by atoms with Gasteiger partial charge in [-0.05, 0) is 48.6 Å². The van der Waals surface area contributed by atoms with Crippen LogP contribution in [-0.2, 0) is 16.1 Å². The fraction of sp³-hybridized carbons (Fsp3) is 0.308. The number of carboxylic acids is 2. The van der Waals surface area contributed by atoms with Gasteiger partial charge in [-0.25, -0.2) is 19.4 Å². The molecule has 8 heteroatoms. The van der Waals surface area contributed by atoms with Gasteiger partial charge in [0, 0.05) is 17.5 Å². The normalized spacial score (nSPS) is 14.1. The molecule has 0 bridgehead atoms. The summed E-state index contributed by atoms with van der Waals surface area (Å²) in [5.74, 6) is -2.40. The van der Waals surface area contributed by atoms with E-state index in [0.717, 1.165) is 23.8 Å². The van der Waals surface area contributed by atoms with Gasteiger partial charge in [-0.1, -0.05) is 44.2 Å². The highest BCUT2D eigenvalue weighted by atomic mass is 16.6. The first-order valence-corrected chi connectivity index (χ1v) is 11.2. The average Bonchev–Trinajstić information content (AvgIpc) is 3.61. The van der Waals surface area contributed by atoms with Crippen molar-refractivity contribution in [3.8, 4) is 11.3 Å². The molecule has 176 valence electrons. The van der Waals surface area contributed by atoms with Gasteiger partial charge >= 0.3 is 18.0 Å². The van der Waals surface area contributed by atoms with E-state index in [1.807, 2.05) is 12.1 Å². The Balaban J connectivity index is 1.64. The summed E-state index contributed by atoms with van der Waals surface area (Å²) in [6.07, 6.45) is 0.842. The second-order valence-electron chi connectivity index (χ2n) is 8.81. The van der Waals surface area contributed by atoms with E-state index < -0.39 is 24.1 Å². The predicted molar refractivity (Wildman–Crippen MR) is 125 cm³/mol. The first-order chi connectivity index (χ1) is 16.2. The predicted octanol–water partition coefficient (Wildman–Crippen LogP) is 4.81. The number of aromatic nitrogens is 1. The second-order valence-corrected chi connectivity index (χ2v) is 8.81. The SMILES string of the molecule is CC(C)[C@@H](C(=O)O)N(Cc1ccc2nc(-c3ccccc3C(=O)O)ccc2c1)C(=O)OC1CC1. The molecule has 0 radical (unpaired) electrons. The Labute approximate surface area is 196 Å². The van der Waals surface area contributed by atoms with Gasteiger partial charge in [-0.2, -0.15) is 0 Å². The minimum absolute atomic E-state index is 0.0836. The first-order valence-electron chi connectivity index (χ1n) is 11.2. The van der Waals surface area contributed by atoms with Gasteiger partial charge in [0.25, 0.3) is 0 Å². The summed E-state index contributed by atoms with van der Waals surface area (Å²) in [6.45, 7) is 3.61. The molecular weight excluding hydrogens is 436 g/mol. The summed E-state index contributed by atoms with van der Waals surface area (Å²) in [5, 5.41) is 20.0. The maximum Gasteiger partial charge on any atom is 0.411 e. The van der Waals surface area contributed by atoms with Crippen LogP contribution in [0.4, 0.5) is 4.79 Å².